The summed E-state index contributed by atoms with van der Waals surface area (Å²) in [5, 5.41) is 18.7. The molecular weight excluding hydrogens is 320 g/mol. The number of aliphatic hydroxyl groups excluding tert-OH is 1. The van der Waals surface area contributed by atoms with Crippen LogP contribution in [0.25, 0.3) is 11.0 Å². The minimum absolute atomic E-state index is 0. The van der Waals surface area contributed by atoms with Gasteiger partial charge in [-0.3, -0.25) is 0 Å². The predicted molar refractivity (Wildman–Crippen MR) is 95.3 cm³/mol. The fourth-order valence-electron chi connectivity index (χ4n) is 1.93. The number of nitrogens with zero attached hydrogens (tertiary/aromatic N) is 4. The molecule has 0 aliphatic heterocycles. The lowest BCUT2D eigenvalue weighted by Crippen LogP contribution is -2.18. The summed E-state index contributed by atoms with van der Waals surface area (Å²) in [6.07, 6.45) is -0.502. The molecule has 1 atom stereocenters. The molecule has 2 heterocycles. The van der Waals surface area contributed by atoms with Gasteiger partial charge in [0.2, 0.25) is 11.9 Å². The molecule has 0 saturated heterocycles. The van der Waals surface area contributed by atoms with Gasteiger partial charge in [0.1, 0.15) is 11.0 Å². The van der Waals surface area contributed by atoms with Crippen LogP contribution in [0.3, 0.4) is 0 Å². The van der Waals surface area contributed by atoms with E-state index in [1.807, 2.05) is 13.8 Å². The predicted octanol–water partition coefficient (Wildman–Crippen LogP) is 1.08. The summed E-state index contributed by atoms with van der Waals surface area (Å²) in [6, 6.07) is 0. The zero-order valence-corrected chi connectivity index (χ0v) is 14.2. The Morgan fingerprint density at radius 2 is 1.52 bits per heavy atom. The highest BCUT2D eigenvalue weighted by atomic mass is 35.5. The van der Waals surface area contributed by atoms with Gasteiger partial charge in [0, 0.05) is 19.6 Å². The van der Waals surface area contributed by atoms with Crippen molar-refractivity contribution in [1.29, 1.82) is 0 Å². The van der Waals surface area contributed by atoms with E-state index in [-0.39, 0.29) is 18.4 Å². The van der Waals surface area contributed by atoms with Crippen molar-refractivity contribution >= 4 is 47.0 Å². The number of anilines is 4. The largest absolute Gasteiger partial charge is 0.392 e. The highest BCUT2D eigenvalue weighted by Crippen LogP contribution is 2.26. The van der Waals surface area contributed by atoms with Crippen LogP contribution in [0.1, 0.15) is 20.8 Å². The van der Waals surface area contributed by atoms with Crippen LogP contribution in [0.5, 0.6) is 0 Å². The fraction of sp³-hybridized carbons (Fsp3) is 0.538. The van der Waals surface area contributed by atoms with Crippen molar-refractivity contribution < 1.29 is 5.11 Å². The minimum Gasteiger partial charge on any atom is -0.392 e. The summed E-state index contributed by atoms with van der Waals surface area (Å²) in [7, 11) is 0. The standard InChI is InChI=1S/C13H22N8O.ClH/c1-4-15-10-9-8(18-12(14)20-10)11(16-5-2)21-13(19-9)17-6-7(3)22;/h7,22H,4-6H2,1-3H3,(H3,14,15,18,20)(H2,16,17,19,21);1H/t7-;/m0./s1. The molecule has 2 aromatic rings. The molecule has 2 aromatic heterocycles. The summed E-state index contributed by atoms with van der Waals surface area (Å²) in [5.41, 5.74) is 6.90. The topological polar surface area (TPSA) is 134 Å². The van der Waals surface area contributed by atoms with Crippen molar-refractivity contribution in [3.05, 3.63) is 0 Å². The fourth-order valence-corrected chi connectivity index (χ4v) is 1.93. The number of aliphatic hydroxyl groups is 1. The third-order valence-electron chi connectivity index (χ3n) is 2.81. The van der Waals surface area contributed by atoms with Crippen LogP contribution in [-0.4, -0.2) is 50.8 Å². The molecule has 0 aromatic carbocycles. The Morgan fingerprint density at radius 3 is 2.09 bits per heavy atom. The monoisotopic (exact) mass is 342 g/mol. The van der Waals surface area contributed by atoms with Crippen molar-refractivity contribution in [1.82, 2.24) is 19.9 Å². The summed E-state index contributed by atoms with van der Waals surface area (Å²) in [5.74, 6) is 1.70. The molecule has 0 radical (unpaired) electrons. The molecule has 0 bridgehead atoms. The molecule has 23 heavy (non-hydrogen) atoms. The average molecular weight is 343 g/mol. The van der Waals surface area contributed by atoms with Gasteiger partial charge in [0.05, 0.1) is 6.10 Å². The Hall–Kier alpha value is -2.13. The van der Waals surface area contributed by atoms with E-state index < -0.39 is 6.10 Å². The van der Waals surface area contributed by atoms with E-state index in [1.165, 1.54) is 0 Å². The zero-order valence-electron chi connectivity index (χ0n) is 13.4. The Balaban J connectivity index is 0.00000264. The number of fused-ring (bicyclic) bond motifs is 1. The van der Waals surface area contributed by atoms with Crippen molar-refractivity contribution in [2.75, 3.05) is 41.3 Å². The number of nitrogen functional groups attached to an aromatic ring is 1. The molecule has 0 aliphatic carbocycles. The second-order valence-corrected chi connectivity index (χ2v) is 4.81. The van der Waals surface area contributed by atoms with Gasteiger partial charge in [0.15, 0.2) is 11.6 Å². The van der Waals surface area contributed by atoms with Crippen molar-refractivity contribution in [2.24, 2.45) is 0 Å². The lowest BCUT2D eigenvalue weighted by molar-refractivity contribution is 0.208. The van der Waals surface area contributed by atoms with Crippen LogP contribution in [0.4, 0.5) is 23.5 Å². The second-order valence-electron chi connectivity index (χ2n) is 4.81. The average Bonchev–Trinajstić information content (AvgIpc) is 2.46. The van der Waals surface area contributed by atoms with E-state index >= 15 is 0 Å². The van der Waals surface area contributed by atoms with Gasteiger partial charge in [0.25, 0.3) is 0 Å². The van der Waals surface area contributed by atoms with E-state index in [0.717, 1.165) is 0 Å². The molecule has 0 saturated carbocycles. The Bertz CT molecular complexity index is 651. The highest BCUT2D eigenvalue weighted by molar-refractivity contribution is 5.94. The van der Waals surface area contributed by atoms with Crippen LogP contribution >= 0.6 is 12.4 Å². The van der Waals surface area contributed by atoms with E-state index in [4.69, 9.17) is 5.73 Å². The number of nitrogens with one attached hydrogen (secondary N) is 3. The highest BCUT2D eigenvalue weighted by Gasteiger charge is 2.14. The molecule has 10 heteroatoms. The van der Waals surface area contributed by atoms with Gasteiger partial charge in [-0.2, -0.15) is 9.97 Å². The van der Waals surface area contributed by atoms with E-state index in [0.29, 0.717) is 48.3 Å². The smallest absolute Gasteiger partial charge is 0.225 e. The summed E-state index contributed by atoms with van der Waals surface area (Å²) in [4.78, 5) is 17.2. The lowest BCUT2D eigenvalue weighted by Gasteiger charge is -2.13. The maximum Gasteiger partial charge on any atom is 0.225 e. The normalized spacial score (nSPS) is 11.7. The molecule has 6 N–H and O–H groups in total. The van der Waals surface area contributed by atoms with Crippen LogP contribution < -0.4 is 21.7 Å². The van der Waals surface area contributed by atoms with Gasteiger partial charge in [-0.1, -0.05) is 0 Å². The quantitative estimate of drug-likeness (QED) is 0.501. The van der Waals surface area contributed by atoms with Crippen LogP contribution in [-0.2, 0) is 0 Å². The third-order valence-corrected chi connectivity index (χ3v) is 2.81. The summed E-state index contributed by atoms with van der Waals surface area (Å²) >= 11 is 0. The first kappa shape index (κ1) is 18.9. The lowest BCUT2D eigenvalue weighted by atomic mass is 10.3. The van der Waals surface area contributed by atoms with Gasteiger partial charge < -0.3 is 26.8 Å². The van der Waals surface area contributed by atoms with Crippen LogP contribution in [0.2, 0.25) is 0 Å². The molecule has 0 spiro atoms. The summed E-state index contributed by atoms with van der Waals surface area (Å²) < 4.78 is 0. The first-order chi connectivity index (χ1) is 10.5. The Morgan fingerprint density at radius 1 is 0.957 bits per heavy atom. The Labute approximate surface area is 140 Å². The van der Waals surface area contributed by atoms with Gasteiger partial charge in [-0.05, 0) is 20.8 Å². The molecule has 0 unspecified atom stereocenters. The summed E-state index contributed by atoms with van der Waals surface area (Å²) in [6.45, 7) is 7.33. The van der Waals surface area contributed by atoms with Crippen molar-refractivity contribution in [2.45, 2.75) is 26.9 Å². The second kappa shape index (κ2) is 8.49. The molecule has 0 fully saturated rings. The first-order valence-corrected chi connectivity index (χ1v) is 7.30. The van der Waals surface area contributed by atoms with E-state index in [1.54, 1.807) is 6.92 Å². The van der Waals surface area contributed by atoms with Crippen molar-refractivity contribution in [3.8, 4) is 0 Å². The number of halogens is 1. The molecule has 2 rings (SSSR count). The Kier molecular flexibility index (Phi) is 6.98. The number of hydrogen-bond acceptors (Lipinski definition) is 9. The molecule has 9 nitrogen and oxygen atoms in total. The van der Waals surface area contributed by atoms with Crippen LogP contribution in [0, 0.1) is 0 Å². The number of aromatic nitrogens is 4. The van der Waals surface area contributed by atoms with E-state index in [2.05, 4.69) is 35.9 Å². The molecule has 128 valence electrons. The maximum atomic E-state index is 9.39. The molecular formula is C13H23ClN8O. The first-order valence-electron chi connectivity index (χ1n) is 7.30. The maximum absolute atomic E-state index is 9.39. The SMILES string of the molecule is CCNc1nc(NC[C@H](C)O)nc2c(NCC)nc(N)nc12.Cl. The number of rotatable bonds is 7. The zero-order chi connectivity index (χ0) is 16.1. The number of nitrogens with two attached hydrogens (primary N) is 1. The third kappa shape index (κ3) is 4.67. The van der Waals surface area contributed by atoms with Gasteiger partial charge >= 0.3 is 0 Å². The van der Waals surface area contributed by atoms with Crippen LogP contribution in [0.15, 0.2) is 0 Å². The number of hydrogen-bond donors (Lipinski definition) is 5. The van der Waals surface area contributed by atoms with Crippen molar-refractivity contribution in [3.63, 3.8) is 0 Å². The molecule has 0 aliphatic rings. The minimum atomic E-state index is -0.502. The molecule has 0 amide bonds. The van der Waals surface area contributed by atoms with Gasteiger partial charge in [-0.25, -0.2) is 9.97 Å². The van der Waals surface area contributed by atoms with E-state index in [9.17, 15) is 5.11 Å². The van der Waals surface area contributed by atoms with Gasteiger partial charge in [-0.15, -0.1) is 12.4 Å².